The molecule has 3 N–H and O–H groups in total. The van der Waals surface area contributed by atoms with Crippen LogP contribution in [0.15, 0.2) is 24.3 Å². The Hall–Kier alpha value is -2.29. The molecule has 1 aromatic carbocycles. The van der Waals surface area contributed by atoms with Crippen LogP contribution < -0.4 is 4.90 Å². The maximum Gasteiger partial charge on any atom is 0.197 e. The van der Waals surface area contributed by atoms with Crippen LogP contribution in [0.1, 0.15) is 74.8 Å². The first-order chi connectivity index (χ1) is 18.5. The highest BCUT2D eigenvalue weighted by molar-refractivity contribution is 7.13. The molecule has 2 aromatic heterocycles. The van der Waals surface area contributed by atoms with Crippen LogP contribution in [-0.4, -0.2) is 67.5 Å². The Balaban J connectivity index is 1.03. The van der Waals surface area contributed by atoms with Gasteiger partial charge in [0.25, 0.3) is 0 Å². The lowest BCUT2D eigenvalue weighted by Gasteiger charge is -2.40. The molecule has 38 heavy (non-hydrogen) atoms. The highest BCUT2D eigenvalue weighted by Gasteiger charge is 2.56. The van der Waals surface area contributed by atoms with Gasteiger partial charge in [-0.3, -0.25) is 9.47 Å². The topological polar surface area (TPSA) is 85.0 Å². The first-order valence-electron chi connectivity index (χ1n) is 14.6. The maximum atomic E-state index is 11.3. The summed E-state index contributed by atoms with van der Waals surface area (Å²) in [5.74, 6) is 2.73. The van der Waals surface area contributed by atoms with E-state index in [0.717, 1.165) is 62.5 Å². The zero-order chi connectivity index (χ0) is 26.0. The van der Waals surface area contributed by atoms with E-state index in [1.54, 1.807) is 16.1 Å². The quantitative estimate of drug-likeness (QED) is 0.399. The van der Waals surface area contributed by atoms with Crippen molar-refractivity contribution >= 4 is 27.4 Å². The van der Waals surface area contributed by atoms with E-state index in [0.29, 0.717) is 31.2 Å². The smallest absolute Gasteiger partial charge is 0.197 e. The lowest BCUT2D eigenvalue weighted by Crippen LogP contribution is -2.49. The van der Waals surface area contributed by atoms with Crippen molar-refractivity contribution in [3.8, 4) is 11.8 Å². The molecular weight excluding hydrogens is 496 g/mol. The van der Waals surface area contributed by atoms with Crippen LogP contribution in [0.25, 0.3) is 10.1 Å². The third kappa shape index (κ3) is 3.86. The van der Waals surface area contributed by atoms with Gasteiger partial charge >= 0.3 is 0 Å². The molecule has 0 amide bonds. The monoisotopic (exact) mass is 536 g/mol. The summed E-state index contributed by atoms with van der Waals surface area (Å²) in [4.78, 5) is 5.06. The van der Waals surface area contributed by atoms with Crippen molar-refractivity contribution in [2.24, 2.45) is 11.8 Å². The molecule has 7 nitrogen and oxygen atoms in total. The lowest BCUT2D eigenvalue weighted by molar-refractivity contribution is 0.0206. The number of fused-ring (bicyclic) bond motifs is 6. The molecule has 204 valence electrons. The van der Waals surface area contributed by atoms with Gasteiger partial charge in [0.05, 0.1) is 10.3 Å². The van der Waals surface area contributed by atoms with E-state index in [1.165, 1.54) is 29.3 Å². The fraction of sp³-hybridized carbons (Fsp3) is 0.633. The molecule has 1 saturated heterocycles. The van der Waals surface area contributed by atoms with Gasteiger partial charge in [0.2, 0.25) is 0 Å². The average Bonchev–Trinajstić information content (AvgIpc) is 3.68. The molecule has 8 heteroatoms. The lowest BCUT2D eigenvalue weighted by atomic mass is 9.78. The summed E-state index contributed by atoms with van der Waals surface area (Å²) < 4.78 is 7.81. The molecule has 2 saturated carbocycles. The van der Waals surface area contributed by atoms with Gasteiger partial charge in [-0.2, -0.15) is 4.37 Å². The van der Waals surface area contributed by atoms with Crippen LogP contribution in [0.3, 0.4) is 0 Å². The number of rotatable bonds is 6. The normalized spacial score (nSPS) is 31.4. The van der Waals surface area contributed by atoms with Crippen LogP contribution in [0, 0.1) is 11.8 Å². The van der Waals surface area contributed by atoms with Gasteiger partial charge in [0.15, 0.2) is 11.8 Å². The fourth-order valence-corrected chi connectivity index (χ4v) is 9.07. The van der Waals surface area contributed by atoms with Gasteiger partial charge in [-0.1, -0.05) is 31.9 Å². The van der Waals surface area contributed by atoms with E-state index in [-0.39, 0.29) is 23.6 Å². The highest BCUT2D eigenvalue weighted by atomic mass is 32.1. The van der Waals surface area contributed by atoms with Crippen molar-refractivity contribution in [1.29, 1.82) is 0 Å². The molecule has 3 aliphatic carbocycles. The van der Waals surface area contributed by atoms with Crippen molar-refractivity contribution in [3.63, 3.8) is 0 Å². The van der Waals surface area contributed by atoms with Gasteiger partial charge in [-0.05, 0) is 73.5 Å². The van der Waals surface area contributed by atoms with Crippen molar-refractivity contribution in [1.82, 2.24) is 13.8 Å². The van der Waals surface area contributed by atoms with E-state index in [9.17, 15) is 15.3 Å². The van der Waals surface area contributed by atoms with E-state index >= 15 is 0 Å². The number of hydrogen-bond donors (Lipinski definition) is 3. The summed E-state index contributed by atoms with van der Waals surface area (Å²) in [6, 6.07) is 8.52. The molecule has 0 radical (unpaired) electrons. The molecule has 3 aromatic rings. The Morgan fingerprint density at radius 1 is 0.974 bits per heavy atom. The molecule has 7 rings (SSSR count). The molecule has 5 atom stereocenters. The standard InChI is InChI=1S/C30H40N4O3S/c1-2-30(37)16-21-15-23(30)26-25(21)28(35)34(29(26)36)18-20-8-4-3-7-19(20)17-32-11-13-33(14-12-32)27-22-9-5-6-10-24(22)38-31-27/h5-6,9-10,19-21,23,35-37H,2-4,7-8,11-18H2,1H3/t19-,20-,21-,23-,30-/m0/s1. The van der Waals surface area contributed by atoms with Crippen molar-refractivity contribution in [2.45, 2.75) is 75.9 Å². The third-order valence-corrected chi connectivity index (χ3v) is 11.2. The second-order valence-electron chi connectivity index (χ2n) is 12.3. The van der Waals surface area contributed by atoms with Crippen LogP contribution in [0.2, 0.25) is 0 Å². The summed E-state index contributed by atoms with van der Waals surface area (Å²) in [7, 11) is 0. The zero-order valence-electron chi connectivity index (χ0n) is 22.3. The minimum atomic E-state index is -0.742. The number of benzene rings is 1. The number of aliphatic hydroxyl groups is 1. The number of hydrogen-bond acceptors (Lipinski definition) is 7. The molecule has 1 aliphatic heterocycles. The number of piperazine rings is 1. The molecule has 0 unspecified atom stereocenters. The minimum absolute atomic E-state index is 0.0482. The summed E-state index contributed by atoms with van der Waals surface area (Å²) in [5.41, 5.74) is 1.01. The van der Waals surface area contributed by atoms with Crippen molar-refractivity contribution in [3.05, 3.63) is 35.4 Å². The number of aromatic hydroxyl groups is 2. The van der Waals surface area contributed by atoms with E-state index in [2.05, 4.69) is 34.1 Å². The first-order valence-corrected chi connectivity index (χ1v) is 15.4. The van der Waals surface area contributed by atoms with Gasteiger partial charge in [0, 0.05) is 61.7 Å². The van der Waals surface area contributed by atoms with Gasteiger partial charge in [-0.15, -0.1) is 0 Å². The number of aromatic nitrogens is 2. The van der Waals surface area contributed by atoms with Crippen molar-refractivity contribution in [2.75, 3.05) is 37.6 Å². The zero-order valence-corrected chi connectivity index (χ0v) is 23.2. The largest absolute Gasteiger partial charge is 0.494 e. The molecule has 3 heterocycles. The maximum absolute atomic E-state index is 11.3. The van der Waals surface area contributed by atoms with E-state index in [4.69, 9.17) is 4.37 Å². The van der Waals surface area contributed by atoms with E-state index < -0.39 is 5.60 Å². The van der Waals surface area contributed by atoms with Crippen LogP contribution in [-0.2, 0) is 6.54 Å². The Labute approximate surface area is 228 Å². The Morgan fingerprint density at radius 3 is 2.45 bits per heavy atom. The second kappa shape index (κ2) is 9.42. The molecule has 2 bridgehead atoms. The summed E-state index contributed by atoms with van der Waals surface area (Å²) >= 11 is 1.59. The SMILES string of the molecule is CC[C@]1(O)C[C@@H]2C[C@H]1c1c2c(O)n(C[C@@H]2CCCC[C@H]2CN2CCN(c3nsc4ccccc34)CC2)c1O. The van der Waals surface area contributed by atoms with Crippen molar-refractivity contribution < 1.29 is 15.3 Å². The highest BCUT2D eigenvalue weighted by Crippen LogP contribution is 2.64. The summed E-state index contributed by atoms with van der Waals surface area (Å²) in [6.45, 7) is 7.87. The summed E-state index contributed by atoms with van der Waals surface area (Å²) in [5, 5.41) is 34.9. The van der Waals surface area contributed by atoms with E-state index in [1.807, 2.05) is 6.92 Å². The molecule has 4 aliphatic rings. The molecule has 3 fully saturated rings. The predicted molar refractivity (Wildman–Crippen MR) is 151 cm³/mol. The summed E-state index contributed by atoms with van der Waals surface area (Å²) in [6.07, 6.45) is 7.08. The number of anilines is 1. The van der Waals surface area contributed by atoms with Gasteiger partial charge in [-0.25, -0.2) is 0 Å². The number of nitrogens with zero attached hydrogens (tertiary/aromatic N) is 4. The Bertz CT molecular complexity index is 1330. The van der Waals surface area contributed by atoms with Crippen LogP contribution >= 0.6 is 11.5 Å². The Morgan fingerprint density at radius 2 is 1.68 bits per heavy atom. The predicted octanol–water partition coefficient (Wildman–Crippen LogP) is 5.25. The Kier molecular flexibility index (Phi) is 6.13. The van der Waals surface area contributed by atoms with Gasteiger partial charge < -0.3 is 20.2 Å². The molecular formula is C30H40N4O3S. The fourth-order valence-electron chi connectivity index (χ4n) is 8.28. The van der Waals surface area contributed by atoms with Crippen LogP contribution in [0.4, 0.5) is 5.82 Å². The minimum Gasteiger partial charge on any atom is -0.494 e. The second-order valence-corrected chi connectivity index (χ2v) is 13.1. The molecule has 0 spiro atoms. The first kappa shape index (κ1) is 24.7. The third-order valence-electron chi connectivity index (χ3n) is 10.4. The average molecular weight is 537 g/mol. The van der Waals surface area contributed by atoms with Crippen LogP contribution in [0.5, 0.6) is 11.8 Å². The van der Waals surface area contributed by atoms with Gasteiger partial charge in [0.1, 0.15) is 5.82 Å².